The lowest BCUT2D eigenvalue weighted by Gasteiger charge is -2.18. The number of likely N-dealkylation sites (N-methyl/N-ethyl adjacent to an activating group) is 1. The molecule has 0 N–H and O–H groups in total. The van der Waals surface area contributed by atoms with E-state index in [1.807, 2.05) is 14.1 Å². The Morgan fingerprint density at radius 3 is 1.91 bits per heavy atom. The maximum Gasteiger partial charge on any atom is 0.0332 e. The molecule has 2 aromatic carbocycles. The van der Waals surface area contributed by atoms with Gasteiger partial charge in [-0.25, -0.2) is 0 Å². The maximum absolute atomic E-state index is 6.28. The molecule has 0 spiro atoms. The van der Waals surface area contributed by atoms with Crippen molar-refractivity contribution in [3.8, 4) is 0 Å². The third-order valence-corrected chi connectivity index (χ3v) is 6.14. The van der Waals surface area contributed by atoms with Gasteiger partial charge in [0.2, 0.25) is 0 Å². The first-order valence-electron chi connectivity index (χ1n) is 7.53. The van der Waals surface area contributed by atoms with Gasteiger partial charge in [-0.05, 0) is 45.2 Å². The van der Waals surface area contributed by atoms with Crippen molar-refractivity contribution in [3.63, 3.8) is 0 Å². The van der Waals surface area contributed by atoms with E-state index in [2.05, 4.69) is 71.6 Å². The summed E-state index contributed by atoms with van der Waals surface area (Å²) in [4.78, 5) is 2.09. The first-order valence-corrected chi connectivity index (χ1v) is 9.44. The molecule has 0 aliphatic carbocycles. The highest BCUT2D eigenvalue weighted by molar-refractivity contribution is 7.73. The second-order valence-electron chi connectivity index (χ2n) is 5.50. The lowest BCUT2D eigenvalue weighted by molar-refractivity contribution is 0.452. The van der Waals surface area contributed by atoms with E-state index in [1.54, 1.807) is 0 Å². The molecule has 0 heterocycles. The third-order valence-electron chi connectivity index (χ3n) is 3.32. The minimum atomic E-state index is -0.319. The van der Waals surface area contributed by atoms with Crippen molar-refractivity contribution in [3.05, 3.63) is 71.8 Å². The topological polar surface area (TPSA) is 3.24 Å². The lowest BCUT2D eigenvalue weighted by Crippen LogP contribution is -2.14. The molecule has 0 saturated carbocycles. The molecule has 3 heteroatoms. The quantitative estimate of drug-likeness (QED) is 0.687. The Kier molecular flexibility index (Phi) is 7.12. The number of nitrogens with zero attached hydrogens (tertiary/aromatic N) is 1. The monoisotopic (exact) mass is 331 g/mol. The molecule has 116 valence electrons. The summed E-state index contributed by atoms with van der Waals surface area (Å²) >= 11 is 6.28. The summed E-state index contributed by atoms with van der Waals surface area (Å²) in [6.45, 7) is 0.816. The summed E-state index contributed by atoms with van der Waals surface area (Å²) in [5.74, 6) is 0. The van der Waals surface area contributed by atoms with Crippen LogP contribution in [0.15, 0.2) is 71.8 Å². The smallest absolute Gasteiger partial charge is 0.0332 e. The fourth-order valence-corrected chi connectivity index (χ4v) is 4.95. The second-order valence-corrected chi connectivity index (χ2v) is 8.32. The Hall–Kier alpha value is -1.14. The molecule has 0 saturated heterocycles. The van der Waals surface area contributed by atoms with Gasteiger partial charge >= 0.3 is 0 Å². The maximum atomic E-state index is 6.28. The van der Waals surface area contributed by atoms with E-state index in [4.69, 9.17) is 11.6 Å². The molecule has 0 amide bonds. The van der Waals surface area contributed by atoms with Crippen LogP contribution < -0.4 is 10.6 Å². The summed E-state index contributed by atoms with van der Waals surface area (Å²) in [5, 5.41) is 3.79. The number of allylic oxidation sites excluding steroid dienone is 1. The zero-order valence-corrected chi connectivity index (χ0v) is 14.9. The summed E-state index contributed by atoms with van der Waals surface area (Å²) in [6.07, 6.45) is 4.32. The van der Waals surface area contributed by atoms with Crippen molar-refractivity contribution in [1.82, 2.24) is 4.90 Å². The molecule has 22 heavy (non-hydrogen) atoms. The zero-order valence-electron chi connectivity index (χ0n) is 13.2. The molecule has 0 unspecified atom stereocenters. The van der Waals surface area contributed by atoms with Gasteiger partial charge in [-0.2, -0.15) is 0 Å². The number of hydrogen-bond acceptors (Lipinski definition) is 1. The fraction of sp³-hybridized carbons (Fsp3) is 0.263. The SMILES string of the molecule is CN(C)C/C(Cl)=C/CCP(c1ccccc1)c1ccccc1. The van der Waals surface area contributed by atoms with Gasteiger partial charge in [0.05, 0.1) is 0 Å². The molecular formula is C19H23ClNP. The van der Waals surface area contributed by atoms with Crippen LogP contribution in [0.25, 0.3) is 0 Å². The molecule has 2 aromatic rings. The van der Waals surface area contributed by atoms with Gasteiger partial charge in [-0.3, -0.25) is 0 Å². The molecule has 0 bridgehead atoms. The van der Waals surface area contributed by atoms with E-state index in [-0.39, 0.29) is 7.92 Å². The Bertz CT molecular complexity index is 541. The number of rotatable bonds is 7. The van der Waals surface area contributed by atoms with Crippen LogP contribution in [0.5, 0.6) is 0 Å². The third kappa shape index (κ3) is 5.57. The molecule has 0 fully saturated rings. The van der Waals surface area contributed by atoms with Crippen molar-refractivity contribution in [2.45, 2.75) is 6.42 Å². The Labute approximate surface area is 140 Å². The summed E-state index contributed by atoms with van der Waals surface area (Å²) in [7, 11) is 3.76. The van der Waals surface area contributed by atoms with E-state index in [0.29, 0.717) is 0 Å². The van der Waals surface area contributed by atoms with Gasteiger partial charge in [-0.1, -0.05) is 78.3 Å². The van der Waals surface area contributed by atoms with Gasteiger partial charge in [0.1, 0.15) is 0 Å². The van der Waals surface area contributed by atoms with E-state index in [9.17, 15) is 0 Å². The summed E-state index contributed by atoms with van der Waals surface area (Å²) in [5.41, 5.74) is 0. The van der Waals surface area contributed by atoms with E-state index < -0.39 is 0 Å². The standard InChI is InChI=1S/C19H23ClNP/c1-21(2)16-17(20)10-9-15-22(18-11-5-3-6-12-18)19-13-7-4-8-14-19/h3-8,10-14H,9,15-16H2,1-2H3/b17-10-. The Morgan fingerprint density at radius 2 is 1.45 bits per heavy atom. The Morgan fingerprint density at radius 1 is 0.955 bits per heavy atom. The van der Waals surface area contributed by atoms with Crippen LogP contribution in [0.1, 0.15) is 6.42 Å². The number of benzene rings is 2. The average molecular weight is 332 g/mol. The van der Waals surface area contributed by atoms with E-state index in [1.165, 1.54) is 10.6 Å². The predicted octanol–water partition coefficient (Wildman–Crippen LogP) is 4.19. The lowest BCUT2D eigenvalue weighted by atomic mass is 10.4. The molecule has 0 atom stereocenters. The highest BCUT2D eigenvalue weighted by Crippen LogP contribution is 2.34. The van der Waals surface area contributed by atoms with Crippen LogP contribution >= 0.6 is 19.5 Å². The molecule has 0 radical (unpaired) electrons. The van der Waals surface area contributed by atoms with Crippen molar-refractivity contribution in [1.29, 1.82) is 0 Å². The normalized spacial score (nSPS) is 12.1. The first kappa shape index (κ1) is 17.2. The van der Waals surface area contributed by atoms with Gasteiger partial charge in [0, 0.05) is 11.6 Å². The zero-order chi connectivity index (χ0) is 15.8. The van der Waals surface area contributed by atoms with E-state index >= 15 is 0 Å². The first-order chi connectivity index (χ1) is 10.7. The van der Waals surface area contributed by atoms with Crippen LogP contribution in [0, 0.1) is 0 Å². The molecule has 0 aliphatic heterocycles. The van der Waals surface area contributed by atoms with Crippen LogP contribution in [0.3, 0.4) is 0 Å². The fourth-order valence-electron chi connectivity index (χ4n) is 2.34. The summed E-state index contributed by atoms with van der Waals surface area (Å²) < 4.78 is 0. The van der Waals surface area contributed by atoms with Crippen molar-refractivity contribution in [2.75, 3.05) is 26.8 Å². The number of halogens is 1. The van der Waals surface area contributed by atoms with Crippen molar-refractivity contribution in [2.24, 2.45) is 0 Å². The molecule has 0 aliphatic rings. The number of hydrogen-bond donors (Lipinski definition) is 0. The van der Waals surface area contributed by atoms with Gasteiger partial charge in [-0.15, -0.1) is 0 Å². The van der Waals surface area contributed by atoms with Crippen LogP contribution in [0.2, 0.25) is 0 Å². The van der Waals surface area contributed by atoms with Gasteiger partial charge < -0.3 is 4.90 Å². The summed E-state index contributed by atoms with van der Waals surface area (Å²) in [6, 6.07) is 21.6. The highest BCUT2D eigenvalue weighted by atomic mass is 35.5. The highest BCUT2D eigenvalue weighted by Gasteiger charge is 2.12. The van der Waals surface area contributed by atoms with Crippen LogP contribution in [-0.2, 0) is 0 Å². The molecule has 2 rings (SSSR count). The van der Waals surface area contributed by atoms with Gasteiger partial charge in [0.15, 0.2) is 0 Å². The van der Waals surface area contributed by atoms with Crippen molar-refractivity contribution >= 4 is 30.1 Å². The molecular weight excluding hydrogens is 309 g/mol. The average Bonchev–Trinajstić information content (AvgIpc) is 2.52. The largest absolute Gasteiger partial charge is 0.304 e. The molecule has 0 aromatic heterocycles. The minimum Gasteiger partial charge on any atom is -0.304 e. The Balaban J connectivity index is 2.10. The predicted molar refractivity (Wildman–Crippen MR) is 101 cm³/mol. The van der Waals surface area contributed by atoms with Crippen LogP contribution in [0.4, 0.5) is 0 Å². The van der Waals surface area contributed by atoms with Crippen LogP contribution in [-0.4, -0.2) is 31.7 Å². The van der Waals surface area contributed by atoms with E-state index in [0.717, 1.165) is 24.2 Å². The molecule has 1 nitrogen and oxygen atoms in total. The minimum absolute atomic E-state index is 0.319. The van der Waals surface area contributed by atoms with Gasteiger partial charge in [0.25, 0.3) is 0 Å². The second kappa shape index (κ2) is 9.10. The van der Waals surface area contributed by atoms with Crippen molar-refractivity contribution < 1.29 is 0 Å².